The Morgan fingerprint density at radius 3 is 2.65 bits per heavy atom. The van der Waals surface area contributed by atoms with Gasteiger partial charge in [0.15, 0.2) is 5.96 Å². The number of guanidine groups is 1. The number of benzene rings is 1. The van der Waals surface area contributed by atoms with Crippen molar-refractivity contribution >= 4 is 29.9 Å². The molecule has 23 heavy (non-hydrogen) atoms. The molecule has 1 heterocycles. The van der Waals surface area contributed by atoms with Gasteiger partial charge < -0.3 is 15.8 Å². The summed E-state index contributed by atoms with van der Waals surface area (Å²) in [5.74, 6) is 0.558. The van der Waals surface area contributed by atoms with Crippen molar-refractivity contribution in [2.45, 2.75) is 19.3 Å². The van der Waals surface area contributed by atoms with Gasteiger partial charge in [-0.05, 0) is 31.4 Å². The van der Waals surface area contributed by atoms with E-state index in [0.29, 0.717) is 5.96 Å². The van der Waals surface area contributed by atoms with Crippen molar-refractivity contribution in [2.24, 2.45) is 10.7 Å². The first-order chi connectivity index (χ1) is 10.8. The molecule has 3 N–H and O–H groups in total. The Hall–Kier alpha value is -0.860. The number of ether oxygens (including phenoxy) is 1. The average Bonchev–Trinajstić information content (AvgIpc) is 2.56. The first kappa shape index (κ1) is 20.2. The van der Waals surface area contributed by atoms with Crippen molar-refractivity contribution in [3.63, 3.8) is 0 Å². The fraction of sp³-hybridized carbons (Fsp3) is 0.588. The van der Waals surface area contributed by atoms with Gasteiger partial charge in [-0.15, -0.1) is 24.0 Å². The number of morpholine rings is 1. The van der Waals surface area contributed by atoms with Crippen LogP contribution < -0.4 is 11.1 Å². The molecule has 0 radical (unpaired) electrons. The maximum Gasteiger partial charge on any atom is 0.188 e. The highest BCUT2D eigenvalue weighted by Gasteiger charge is 2.08. The lowest BCUT2D eigenvalue weighted by molar-refractivity contribution is 0.0373. The molecule has 1 aromatic carbocycles. The predicted molar refractivity (Wildman–Crippen MR) is 107 cm³/mol. The summed E-state index contributed by atoms with van der Waals surface area (Å²) in [6, 6.07) is 10.4. The molecule has 1 fully saturated rings. The number of hydrogen-bond donors (Lipinski definition) is 2. The fourth-order valence-electron chi connectivity index (χ4n) is 2.51. The predicted octanol–water partition coefficient (Wildman–Crippen LogP) is 1.86. The Labute approximate surface area is 156 Å². The van der Waals surface area contributed by atoms with Crippen LogP contribution in [0.5, 0.6) is 0 Å². The minimum absolute atomic E-state index is 0. The van der Waals surface area contributed by atoms with E-state index in [2.05, 4.69) is 39.5 Å². The van der Waals surface area contributed by atoms with Gasteiger partial charge in [0.2, 0.25) is 0 Å². The van der Waals surface area contributed by atoms with E-state index in [1.165, 1.54) is 12.0 Å². The van der Waals surface area contributed by atoms with Crippen LogP contribution in [0.1, 0.15) is 18.4 Å². The van der Waals surface area contributed by atoms with Gasteiger partial charge in [-0.2, -0.15) is 0 Å². The maximum atomic E-state index is 5.87. The highest BCUT2D eigenvalue weighted by molar-refractivity contribution is 14.0. The second kappa shape index (κ2) is 12.5. The van der Waals surface area contributed by atoms with E-state index in [9.17, 15) is 0 Å². The quantitative estimate of drug-likeness (QED) is 0.285. The molecule has 0 amide bonds. The number of nitrogens with zero attached hydrogens (tertiary/aromatic N) is 2. The van der Waals surface area contributed by atoms with E-state index in [1.54, 1.807) is 0 Å². The second-order valence-corrected chi connectivity index (χ2v) is 5.59. The van der Waals surface area contributed by atoms with Crippen LogP contribution in [0.3, 0.4) is 0 Å². The van der Waals surface area contributed by atoms with Gasteiger partial charge in [-0.1, -0.05) is 30.3 Å². The number of rotatable bonds is 8. The van der Waals surface area contributed by atoms with Crippen LogP contribution in [0.4, 0.5) is 0 Å². The maximum absolute atomic E-state index is 5.87. The molecule has 0 bridgehead atoms. The van der Waals surface area contributed by atoms with Gasteiger partial charge in [0.05, 0.1) is 13.2 Å². The number of halogens is 1. The number of hydrogen-bond acceptors (Lipinski definition) is 3. The highest BCUT2D eigenvalue weighted by Crippen LogP contribution is 2.00. The molecular formula is C17H29IN4O. The molecule has 1 aliphatic heterocycles. The summed E-state index contributed by atoms with van der Waals surface area (Å²) in [6.07, 6.45) is 3.22. The van der Waals surface area contributed by atoms with Crippen molar-refractivity contribution in [1.29, 1.82) is 0 Å². The van der Waals surface area contributed by atoms with Gasteiger partial charge in [0, 0.05) is 26.2 Å². The normalized spacial score (nSPS) is 15.9. The van der Waals surface area contributed by atoms with E-state index in [-0.39, 0.29) is 24.0 Å². The van der Waals surface area contributed by atoms with E-state index in [4.69, 9.17) is 10.5 Å². The first-order valence-electron chi connectivity index (χ1n) is 8.22. The summed E-state index contributed by atoms with van der Waals surface area (Å²) >= 11 is 0. The van der Waals surface area contributed by atoms with Crippen molar-refractivity contribution < 1.29 is 4.74 Å². The Bertz CT molecular complexity index is 435. The zero-order valence-corrected chi connectivity index (χ0v) is 16.1. The molecule has 1 aliphatic rings. The highest BCUT2D eigenvalue weighted by atomic mass is 127. The van der Waals surface area contributed by atoms with Crippen molar-refractivity contribution in [3.05, 3.63) is 35.9 Å². The van der Waals surface area contributed by atoms with Crippen molar-refractivity contribution in [3.8, 4) is 0 Å². The molecule has 0 aromatic heterocycles. The first-order valence-corrected chi connectivity index (χ1v) is 8.22. The van der Waals surface area contributed by atoms with Gasteiger partial charge in [0.25, 0.3) is 0 Å². The lowest BCUT2D eigenvalue weighted by atomic mass is 10.1. The molecule has 0 aliphatic carbocycles. The van der Waals surface area contributed by atoms with Crippen LogP contribution in [0.2, 0.25) is 0 Å². The van der Waals surface area contributed by atoms with E-state index < -0.39 is 0 Å². The van der Waals surface area contributed by atoms with Crippen LogP contribution in [0.25, 0.3) is 0 Å². The Morgan fingerprint density at radius 1 is 1.17 bits per heavy atom. The number of nitrogens with one attached hydrogen (secondary N) is 1. The van der Waals surface area contributed by atoms with Gasteiger partial charge in [-0.25, -0.2) is 0 Å². The minimum Gasteiger partial charge on any atom is -0.379 e. The van der Waals surface area contributed by atoms with Gasteiger partial charge in [0.1, 0.15) is 0 Å². The topological polar surface area (TPSA) is 62.9 Å². The molecule has 0 saturated carbocycles. The third kappa shape index (κ3) is 9.12. The van der Waals surface area contributed by atoms with Crippen LogP contribution in [-0.2, 0) is 11.2 Å². The summed E-state index contributed by atoms with van der Waals surface area (Å²) in [5.41, 5.74) is 7.19. The molecule has 2 rings (SSSR count). The molecule has 0 spiro atoms. The summed E-state index contributed by atoms with van der Waals surface area (Å²) in [7, 11) is 0. The summed E-state index contributed by atoms with van der Waals surface area (Å²) in [4.78, 5) is 6.83. The van der Waals surface area contributed by atoms with E-state index >= 15 is 0 Å². The van der Waals surface area contributed by atoms with Crippen LogP contribution in [0, 0.1) is 0 Å². The lowest BCUT2D eigenvalue weighted by Crippen LogP contribution is -2.36. The average molecular weight is 432 g/mol. The monoisotopic (exact) mass is 432 g/mol. The number of nitrogens with two attached hydrogens (primary N) is 1. The zero-order chi connectivity index (χ0) is 15.5. The Balaban J connectivity index is 0.00000264. The molecule has 1 saturated heterocycles. The SMILES string of the molecule is I.NC(=NCCCCN1CCOCC1)NCCc1ccccc1. The van der Waals surface area contributed by atoms with E-state index in [0.717, 1.165) is 58.8 Å². The largest absolute Gasteiger partial charge is 0.379 e. The third-order valence-corrected chi connectivity index (χ3v) is 3.83. The molecule has 5 nitrogen and oxygen atoms in total. The number of aliphatic imine (C=N–C) groups is 1. The minimum atomic E-state index is 0. The lowest BCUT2D eigenvalue weighted by Gasteiger charge is -2.26. The zero-order valence-electron chi connectivity index (χ0n) is 13.7. The molecule has 0 atom stereocenters. The molecule has 130 valence electrons. The number of unbranched alkanes of at least 4 members (excludes halogenated alkanes) is 1. The van der Waals surface area contributed by atoms with Crippen LogP contribution >= 0.6 is 24.0 Å². The Morgan fingerprint density at radius 2 is 1.91 bits per heavy atom. The molecule has 1 aromatic rings. The smallest absolute Gasteiger partial charge is 0.188 e. The molecule has 0 unspecified atom stereocenters. The summed E-state index contributed by atoms with van der Waals surface area (Å²) in [5, 5.41) is 3.17. The van der Waals surface area contributed by atoms with Crippen molar-refractivity contribution in [1.82, 2.24) is 10.2 Å². The molecular weight excluding hydrogens is 403 g/mol. The fourth-order valence-corrected chi connectivity index (χ4v) is 2.51. The van der Waals surface area contributed by atoms with Gasteiger partial charge in [-0.3, -0.25) is 9.89 Å². The second-order valence-electron chi connectivity index (χ2n) is 5.59. The standard InChI is InChI=1S/C17H28N4O.HI/c18-17(20-10-8-16-6-2-1-3-7-16)19-9-4-5-11-21-12-14-22-15-13-21;/h1-3,6-7H,4-5,8-15H2,(H3,18,19,20);1H. The summed E-state index contributed by atoms with van der Waals surface area (Å²) < 4.78 is 5.34. The van der Waals surface area contributed by atoms with Crippen molar-refractivity contribution in [2.75, 3.05) is 45.9 Å². The van der Waals surface area contributed by atoms with Gasteiger partial charge >= 0.3 is 0 Å². The third-order valence-electron chi connectivity index (χ3n) is 3.83. The summed E-state index contributed by atoms with van der Waals surface area (Å²) in [6.45, 7) is 6.63. The van der Waals surface area contributed by atoms with Crippen LogP contribution in [-0.4, -0.2) is 56.8 Å². The Kier molecular flexibility index (Phi) is 11.0. The molecule has 6 heteroatoms. The van der Waals surface area contributed by atoms with E-state index in [1.807, 2.05) is 6.07 Å². The van der Waals surface area contributed by atoms with Crippen LogP contribution in [0.15, 0.2) is 35.3 Å².